The Bertz CT molecular complexity index is 1850. The number of carbonyl (C=O) groups is 1. The number of rotatable bonds is 7. The first-order valence-electron chi connectivity index (χ1n) is 12.4. The van der Waals surface area contributed by atoms with Crippen LogP contribution in [0.15, 0.2) is 80.1 Å². The number of hydrogen-bond donors (Lipinski definition) is 0. The van der Waals surface area contributed by atoms with E-state index in [9.17, 15) is 19.7 Å². The van der Waals surface area contributed by atoms with Crippen molar-refractivity contribution in [3.63, 3.8) is 0 Å². The fraction of sp³-hybridized carbons (Fsp3) is 0.207. The van der Waals surface area contributed by atoms with Gasteiger partial charge in [-0.15, -0.1) is 0 Å². The molecule has 40 heavy (non-hydrogen) atoms. The number of nitro groups is 1. The molecule has 4 aromatic rings. The van der Waals surface area contributed by atoms with E-state index in [0.717, 1.165) is 5.56 Å². The van der Waals surface area contributed by atoms with Crippen LogP contribution in [0.4, 0.5) is 5.69 Å². The van der Waals surface area contributed by atoms with Crippen molar-refractivity contribution in [1.82, 2.24) is 4.57 Å². The van der Waals surface area contributed by atoms with Crippen LogP contribution in [0.1, 0.15) is 36.8 Å². The van der Waals surface area contributed by atoms with Crippen molar-refractivity contribution in [2.75, 3.05) is 13.7 Å². The molecule has 0 aliphatic carbocycles. The molecule has 0 N–H and O–H groups in total. The number of nitrogens with zero attached hydrogens (tertiary/aromatic N) is 3. The molecule has 0 saturated carbocycles. The molecular formula is C29H25N3O7S. The van der Waals surface area contributed by atoms with Crippen LogP contribution in [0.5, 0.6) is 5.75 Å². The Morgan fingerprint density at radius 1 is 1.18 bits per heavy atom. The zero-order valence-corrected chi connectivity index (χ0v) is 23.0. The average Bonchev–Trinajstić information content (AvgIpc) is 3.52. The molecule has 0 bridgehead atoms. The van der Waals surface area contributed by atoms with Crippen LogP contribution < -0.4 is 19.6 Å². The van der Waals surface area contributed by atoms with Gasteiger partial charge in [0.2, 0.25) is 0 Å². The van der Waals surface area contributed by atoms with Crippen molar-refractivity contribution < 1.29 is 23.6 Å². The summed E-state index contributed by atoms with van der Waals surface area (Å²) >= 11 is 1.18. The first kappa shape index (κ1) is 26.8. The summed E-state index contributed by atoms with van der Waals surface area (Å²) in [5, 5.41) is 11.2. The predicted molar refractivity (Wildman–Crippen MR) is 149 cm³/mol. The summed E-state index contributed by atoms with van der Waals surface area (Å²) in [6, 6.07) is 14.4. The van der Waals surface area contributed by atoms with Crippen molar-refractivity contribution in [2.24, 2.45) is 4.99 Å². The SMILES string of the molecule is CCOC(=O)C1=C(C)N=c2s/c(=C/c3ccc(-c4cc([N+](=O)[O-])ccc4C)o3)c(=O)n2[C@@H]1c1ccc(OC)cc1. The molecule has 204 valence electrons. The third kappa shape index (κ3) is 4.87. The lowest BCUT2D eigenvalue weighted by Gasteiger charge is -2.24. The number of nitro benzene ring substituents is 1. The number of furan rings is 1. The molecule has 2 aromatic carbocycles. The number of thiazole rings is 1. The van der Waals surface area contributed by atoms with Crippen molar-refractivity contribution >= 4 is 29.1 Å². The third-order valence-electron chi connectivity index (χ3n) is 6.55. The highest BCUT2D eigenvalue weighted by Crippen LogP contribution is 2.32. The summed E-state index contributed by atoms with van der Waals surface area (Å²) in [5.41, 5.74) is 2.46. The molecule has 3 heterocycles. The van der Waals surface area contributed by atoms with Gasteiger partial charge in [-0.3, -0.25) is 19.5 Å². The highest BCUT2D eigenvalue weighted by atomic mass is 32.1. The molecule has 0 amide bonds. The van der Waals surface area contributed by atoms with Crippen LogP contribution in [-0.4, -0.2) is 29.2 Å². The summed E-state index contributed by atoms with van der Waals surface area (Å²) in [4.78, 5) is 42.6. The van der Waals surface area contributed by atoms with Gasteiger partial charge in [0.25, 0.3) is 11.2 Å². The smallest absolute Gasteiger partial charge is 0.338 e. The van der Waals surface area contributed by atoms with E-state index in [4.69, 9.17) is 13.9 Å². The number of non-ortho nitro benzene ring substituents is 1. The number of carbonyl (C=O) groups excluding carboxylic acids is 1. The number of fused-ring (bicyclic) bond motifs is 1. The molecular weight excluding hydrogens is 534 g/mol. The number of hydrogen-bond acceptors (Lipinski definition) is 9. The molecule has 10 nitrogen and oxygen atoms in total. The molecule has 0 radical (unpaired) electrons. The van der Waals surface area contributed by atoms with Gasteiger partial charge in [-0.1, -0.05) is 29.5 Å². The quantitative estimate of drug-likeness (QED) is 0.188. The van der Waals surface area contributed by atoms with Crippen molar-refractivity contribution in [3.05, 3.63) is 113 Å². The van der Waals surface area contributed by atoms with Crippen molar-refractivity contribution in [2.45, 2.75) is 26.8 Å². The van der Waals surface area contributed by atoms with E-state index in [-0.39, 0.29) is 23.4 Å². The predicted octanol–water partition coefficient (Wildman–Crippen LogP) is 4.28. The molecule has 1 aliphatic heterocycles. The van der Waals surface area contributed by atoms with Gasteiger partial charge in [-0.05, 0) is 56.2 Å². The van der Waals surface area contributed by atoms with E-state index < -0.39 is 16.9 Å². The summed E-state index contributed by atoms with van der Waals surface area (Å²) < 4.78 is 18.4. The van der Waals surface area contributed by atoms with Crippen LogP contribution in [0.25, 0.3) is 17.4 Å². The monoisotopic (exact) mass is 559 g/mol. The lowest BCUT2D eigenvalue weighted by atomic mass is 9.96. The summed E-state index contributed by atoms with van der Waals surface area (Å²) in [5.74, 6) is 0.939. The second kappa shape index (κ2) is 10.8. The lowest BCUT2D eigenvalue weighted by molar-refractivity contribution is -0.384. The Kier molecular flexibility index (Phi) is 7.22. The molecule has 0 saturated heterocycles. The molecule has 0 spiro atoms. The number of methoxy groups -OCH3 is 1. The minimum absolute atomic E-state index is 0.0434. The zero-order chi connectivity index (χ0) is 28.6. The first-order valence-corrected chi connectivity index (χ1v) is 13.2. The molecule has 1 atom stereocenters. The van der Waals surface area contributed by atoms with Gasteiger partial charge >= 0.3 is 5.97 Å². The summed E-state index contributed by atoms with van der Waals surface area (Å²) in [6.45, 7) is 5.46. The summed E-state index contributed by atoms with van der Waals surface area (Å²) in [6.07, 6.45) is 1.61. The molecule has 0 fully saturated rings. The second-order valence-corrected chi connectivity index (χ2v) is 10.0. The largest absolute Gasteiger partial charge is 0.497 e. The van der Waals surface area contributed by atoms with Gasteiger partial charge in [0.1, 0.15) is 17.3 Å². The Morgan fingerprint density at radius 2 is 1.93 bits per heavy atom. The van der Waals surface area contributed by atoms with Crippen LogP contribution >= 0.6 is 11.3 Å². The number of ether oxygens (including phenoxy) is 2. The van der Waals surface area contributed by atoms with Crippen LogP contribution in [0, 0.1) is 17.0 Å². The van der Waals surface area contributed by atoms with E-state index in [1.54, 1.807) is 69.5 Å². The van der Waals surface area contributed by atoms with Gasteiger partial charge < -0.3 is 13.9 Å². The Morgan fingerprint density at radius 3 is 2.60 bits per heavy atom. The number of aryl methyl sites for hydroxylation is 1. The maximum atomic E-state index is 13.8. The number of aromatic nitrogens is 1. The minimum Gasteiger partial charge on any atom is -0.497 e. The molecule has 2 aromatic heterocycles. The van der Waals surface area contributed by atoms with Crippen molar-refractivity contribution in [3.8, 4) is 17.1 Å². The standard InChI is InChI=1S/C29H25N3O7S/c1-5-38-28(34)25-17(3)30-29-31(26(25)18-7-10-20(37-4)11-8-18)27(33)24(40-29)15-21-12-13-23(39-21)22-14-19(32(35)36)9-6-16(22)2/h6-15,26H,5H2,1-4H3/b24-15+/t26-/m1/s1. The molecule has 5 rings (SSSR count). The highest BCUT2D eigenvalue weighted by Gasteiger charge is 2.33. The van der Waals surface area contributed by atoms with Gasteiger partial charge in [0, 0.05) is 23.8 Å². The highest BCUT2D eigenvalue weighted by molar-refractivity contribution is 7.07. The van der Waals surface area contributed by atoms with Crippen molar-refractivity contribution in [1.29, 1.82) is 0 Å². The summed E-state index contributed by atoms with van der Waals surface area (Å²) in [7, 11) is 1.56. The number of esters is 1. The number of benzene rings is 2. The molecule has 1 aliphatic rings. The van der Waals surface area contributed by atoms with Crippen LogP contribution in [0.2, 0.25) is 0 Å². The van der Waals surface area contributed by atoms with Gasteiger partial charge in [0.05, 0.1) is 40.5 Å². The normalized spacial score (nSPS) is 15.0. The van der Waals surface area contributed by atoms with Gasteiger partial charge in [-0.2, -0.15) is 0 Å². The third-order valence-corrected chi connectivity index (χ3v) is 7.53. The van der Waals surface area contributed by atoms with E-state index in [1.807, 2.05) is 6.92 Å². The second-order valence-electron chi connectivity index (χ2n) is 9.03. The Labute approximate surface area is 232 Å². The van der Waals surface area contributed by atoms with Crippen LogP contribution in [-0.2, 0) is 9.53 Å². The van der Waals surface area contributed by atoms with Gasteiger partial charge in [-0.25, -0.2) is 9.79 Å². The van der Waals surface area contributed by atoms with E-state index in [1.165, 1.54) is 28.0 Å². The Balaban J connectivity index is 1.62. The molecule has 0 unspecified atom stereocenters. The average molecular weight is 560 g/mol. The first-order chi connectivity index (χ1) is 19.2. The van der Waals surface area contributed by atoms with Crippen LogP contribution in [0.3, 0.4) is 0 Å². The minimum atomic E-state index is -0.747. The van der Waals surface area contributed by atoms with E-state index in [2.05, 4.69) is 4.99 Å². The maximum Gasteiger partial charge on any atom is 0.338 e. The van der Waals surface area contributed by atoms with E-state index in [0.29, 0.717) is 43.4 Å². The number of allylic oxidation sites excluding steroid dienone is 1. The zero-order valence-electron chi connectivity index (χ0n) is 22.2. The fourth-order valence-electron chi connectivity index (χ4n) is 4.59. The Hall–Kier alpha value is -4.77. The lowest BCUT2D eigenvalue weighted by Crippen LogP contribution is -2.39. The molecule has 11 heteroatoms. The topological polar surface area (TPSA) is 126 Å². The fourth-order valence-corrected chi connectivity index (χ4v) is 5.61. The van der Waals surface area contributed by atoms with Gasteiger partial charge in [0.15, 0.2) is 4.80 Å². The van der Waals surface area contributed by atoms with E-state index >= 15 is 0 Å². The maximum absolute atomic E-state index is 13.8.